The van der Waals surface area contributed by atoms with Gasteiger partial charge in [0, 0.05) is 18.0 Å². The third-order valence-corrected chi connectivity index (χ3v) is 2.48. The van der Waals surface area contributed by atoms with Crippen molar-refractivity contribution in [1.82, 2.24) is 0 Å². The van der Waals surface area contributed by atoms with Crippen molar-refractivity contribution in [3.63, 3.8) is 0 Å². The van der Waals surface area contributed by atoms with Crippen molar-refractivity contribution in [2.75, 3.05) is 6.54 Å². The highest BCUT2D eigenvalue weighted by molar-refractivity contribution is 5.85. The van der Waals surface area contributed by atoms with E-state index in [0.29, 0.717) is 12.5 Å². The molecular formula is C10H14ClNO. The monoisotopic (exact) mass is 199 g/mol. The first-order valence-electron chi connectivity index (χ1n) is 4.28. The quantitative estimate of drug-likeness (QED) is 0.750. The molecule has 0 unspecified atom stereocenters. The summed E-state index contributed by atoms with van der Waals surface area (Å²) in [5.74, 6) is 1.44. The molecule has 13 heavy (non-hydrogen) atoms. The number of fused-ring (bicyclic) bond motifs is 1. The average Bonchev–Trinajstić information content (AvgIpc) is 2.44. The normalized spacial score (nSPS) is 24.5. The standard InChI is InChI=1S/C10H13NO.ClH/c1-7-8-4-2-3-5-9(8)12-10(7)6-11;/h2-5,7,10H,6,11H2,1H3;1H/t7-,10-;/m0./s1. The summed E-state index contributed by atoms with van der Waals surface area (Å²) in [6.45, 7) is 2.75. The van der Waals surface area contributed by atoms with Crippen molar-refractivity contribution in [2.24, 2.45) is 5.73 Å². The molecule has 0 bridgehead atoms. The Hall–Kier alpha value is -0.730. The lowest BCUT2D eigenvalue weighted by Gasteiger charge is -2.11. The van der Waals surface area contributed by atoms with Crippen LogP contribution in [0.3, 0.4) is 0 Å². The Morgan fingerprint density at radius 1 is 1.38 bits per heavy atom. The Bertz CT molecular complexity index is 290. The van der Waals surface area contributed by atoms with E-state index in [2.05, 4.69) is 13.0 Å². The molecule has 0 amide bonds. The zero-order valence-electron chi connectivity index (χ0n) is 7.57. The molecule has 2 N–H and O–H groups in total. The minimum atomic E-state index is 0. The second-order valence-corrected chi connectivity index (χ2v) is 3.22. The van der Waals surface area contributed by atoms with Crippen LogP contribution in [0.2, 0.25) is 0 Å². The fourth-order valence-electron chi connectivity index (χ4n) is 1.68. The molecule has 1 aliphatic rings. The molecule has 0 fully saturated rings. The highest BCUT2D eigenvalue weighted by Gasteiger charge is 2.28. The molecule has 0 saturated heterocycles. The molecule has 0 aliphatic carbocycles. The summed E-state index contributed by atoms with van der Waals surface area (Å²) in [5.41, 5.74) is 6.86. The lowest BCUT2D eigenvalue weighted by atomic mass is 9.98. The molecule has 72 valence electrons. The van der Waals surface area contributed by atoms with Gasteiger partial charge in [-0.15, -0.1) is 12.4 Å². The van der Waals surface area contributed by atoms with Crippen molar-refractivity contribution in [2.45, 2.75) is 18.9 Å². The smallest absolute Gasteiger partial charge is 0.123 e. The first kappa shape index (κ1) is 10.4. The lowest BCUT2D eigenvalue weighted by Crippen LogP contribution is -2.26. The first-order valence-corrected chi connectivity index (χ1v) is 4.28. The molecule has 1 aromatic rings. The first-order chi connectivity index (χ1) is 5.83. The summed E-state index contributed by atoms with van der Waals surface area (Å²) in [7, 11) is 0. The molecule has 2 atom stereocenters. The van der Waals surface area contributed by atoms with E-state index in [9.17, 15) is 0 Å². The summed E-state index contributed by atoms with van der Waals surface area (Å²) in [4.78, 5) is 0. The number of para-hydroxylation sites is 1. The van der Waals surface area contributed by atoms with E-state index in [0.717, 1.165) is 5.75 Å². The van der Waals surface area contributed by atoms with Crippen molar-refractivity contribution in [1.29, 1.82) is 0 Å². The van der Waals surface area contributed by atoms with E-state index >= 15 is 0 Å². The van der Waals surface area contributed by atoms with Crippen LogP contribution in [0.4, 0.5) is 0 Å². The average molecular weight is 200 g/mol. The fourth-order valence-corrected chi connectivity index (χ4v) is 1.68. The van der Waals surface area contributed by atoms with Gasteiger partial charge in [0.25, 0.3) is 0 Å². The Morgan fingerprint density at radius 3 is 2.69 bits per heavy atom. The van der Waals surface area contributed by atoms with E-state index in [1.165, 1.54) is 5.56 Å². The van der Waals surface area contributed by atoms with Gasteiger partial charge in [-0.1, -0.05) is 25.1 Å². The van der Waals surface area contributed by atoms with Gasteiger partial charge in [0.05, 0.1) is 0 Å². The molecule has 1 heterocycles. The van der Waals surface area contributed by atoms with Crippen molar-refractivity contribution in [3.8, 4) is 5.75 Å². The molecule has 2 rings (SSSR count). The summed E-state index contributed by atoms with van der Waals surface area (Å²) in [5, 5.41) is 0. The van der Waals surface area contributed by atoms with Gasteiger partial charge >= 0.3 is 0 Å². The fraction of sp³-hybridized carbons (Fsp3) is 0.400. The van der Waals surface area contributed by atoms with Crippen LogP contribution < -0.4 is 10.5 Å². The molecule has 1 aromatic carbocycles. The highest BCUT2D eigenvalue weighted by Crippen LogP contribution is 2.36. The highest BCUT2D eigenvalue weighted by atomic mass is 35.5. The van der Waals surface area contributed by atoms with Crippen LogP contribution >= 0.6 is 12.4 Å². The van der Waals surface area contributed by atoms with Crippen LogP contribution in [-0.4, -0.2) is 12.6 Å². The second kappa shape index (κ2) is 3.99. The Morgan fingerprint density at radius 2 is 2.08 bits per heavy atom. The number of rotatable bonds is 1. The van der Waals surface area contributed by atoms with Crippen LogP contribution in [-0.2, 0) is 0 Å². The number of ether oxygens (including phenoxy) is 1. The largest absolute Gasteiger partial charge is 0.488 e. The minimum absolute atomic E-state index is 0. The van der Waals surface area contributed by atoms with Gasteiger partial charge in [0.1, 0.15) is 11.9 Å². The Kier molecular flexibility index (Phi) is 3.17. The SMILES string of the molecule is C[C@H]1c2ccccc2O[C@H]1CN.Cl. The Balaban J connectivity index is 0.000000845. The number of hydrogen-bond acceptors (Lipinski definition) is 2. The maximum atomic E-state index is 5.64. The van der Waals surface area contributed by atoms with Crippen LogP contribution in [0.25, 0.3) is 0 Å². The van der Waals surface area contributed by atoms with E-state index in [-0.39, 0.29) is 18.5 Å². The lowest BCUT2D eigenvalue weighted by molar-refractivity contribution is 0.219. The van der Waals surface area contributed by atoms with E-state index < -0.39 is 0 Å². The number of hydrogen-bond donors (Lipinski definition) is 1. The molecule has 0 spiro atoms. The third kappa shape index (κ3) is 1.64. The molecule has 0 radical (unpaired) electrons. The number of nitrogens with two attached hydrogens (primary N) is 1. The maximum Gasteiger partial charge on any atom is 0.123 e. The molecule has 1 aliphatic heterocycles. The van der Waals surface area contributed by atoms with E-state index in [1.807, 2.05) is 18.2 Å². The van der Waals surface area contributed by atoms with Crippen LogP contribution in [0.1, 0.15) is 18.4 Å². The molecule has 2 nitrogen and oxygen atoms in total. The van der Waals surface area contributed by atoms with Gasteiger partial charge in [-0.3, -0.25) is 0 Å². The molecule has 0 aromatic heterocycles. The second-order valence-electron chi connectivity index (χ2n) is 3.22. The summed E-state index contributed by atoms with van der Waals surface area (Å²) in [6.07, 6.45) is 0.169. The van der Waals surface area contributed by atoms with Crippen LogP contribution in [0.5, 0.6) is 5.75 Å². The van der Waals surface area contributed by atoms with Crippen molar-refractivity contribution in [3.05, 3.63) is 29.8 Å². The van der Waals surface area contributed by atoms with Crippen LogP contribution in [0.15, 0.2) is 24.3 Å². The van der Waals surface area contributed by atoms with Crippen molar-refractivity contribution < 1.29 is 4.74 Å². The van der Waals surface area contributed by atoms with Crippen LogP contribution in [0, 0.1) is 0 Å². The van der Waals surface area contributed by atoms with Gasteiger partial charge in [0.2, 0.25) is 0 Å². The summed E-state index contributed by atoms with van der Waals surface area (Å²) in [6, 6.07) is 8.14. The van der Waals surface area contributed by atoms with Gasteiger partial charge < -0.3 is 10.5 Å². The van der Waals surface area contributed by atoms with Gasteiger partial charge in [-0.05, 0) is 6.07 Å². The van der Waals surface area contributed by atoms with Gasteiger partial charge in [0.15, 0.2) is 0 Å². The summed E-state index contributed by atoms with van der Waals surface area (Å²) >= 11 is 0. The minimum Gasteiger partial charge on any atom is -0.488 e. The zero-order valence-corrected chi connectivity index (χ0v) is 8.38. The molecular weight excluding hydrogens is 186 g/mol. The van der Waals surface area contributed by atoms with E-state index in [4.69, 9.17) is 10.5 Å². The van der Waals surface area contributed by atoms with E-state index in [1.54, 1.807) is 0 Å². The number of benzene rings is 1. The molecule has 3 heteroatoms. The Labute approximate surface area is 84.5 Å². The molecule has 0 saturated carbocycles. The number of halogens is 1. The van der Waals surface area contributed by atoms with Gasteiger partial charge in [-0.25, -0.2) is 0 Å². The zero-order chi connectivity index (χ0) is 8.55. The van der Waals surface area contributed by atoms with Gasteiger partial charge in [-0.2, -0.15) is 0 Å². The predicted octanol–water partition coefficient (Wildman–Crippen LogP) is 1.93. The third-order valence-electron chi connectivity index (χ3n) is 2.48. The maximum absolute atomic E-state index is 5.64. The summed E-state index contributed by atoms with van der Waals surface area (Å²) < 4.78 is 5.64. The van der Waals surface area contributed by atoms with Crippen molar-refractivity contribution >= 4 is 12.4 Å². The topological polar surface area (TPSA) is 35.2 Å². The predicted molar refractivity (Wildman–Crippen MR) is 55.6 cm³/mol.